The number of hydrogen-bond donors (Lipinski definition) is 2. The predicted molar refractivity (Wildman–Crippen MR) is 127 cm³/mol. The second-order valence-electron chi connectivity index (χ2n) is 7.48. The quantitative estimate of drug-likeness (QED) is 0.210. The summed E-state index contributed by atoms with van der Waals surface area (Å²) in [6.07, 6.45) is 3.56. The van der Waals surface area contributed by atoms with Crippen LogP contribution in [-0.4, -0.2) is 64.9 Å². The van der Waals surface area contributed by atoms with Gasteiger partial charge in [0.25, 0.3) is 0 Å². The molecule has 1 unspecified atom stereocenters. The Hall–Kier alpha value is -1.06. The van der Waals surface area contributed by atoms with Gasteiger partial charge in [-0.1, -0.05) is 12.1 Å². The van der Waals surface area contributed by atoms with Crippen molar-refractivity contribution in [3.05, 3.63) is 29.3 Å². The van der Waals surface area contributed by atoms with Crippen LogP contribution in [0.5, 0.6) is 5.75 Å². The summed E-state index contributed by atoms with van der Waals surface area (Å²) in [4.78, 5) is 6.68. The van der Waals surface area contributed by atoms with Crippen molar-refractivity contribution in [2.75, 3.05) is 48.0 Å². The van der Waals surface area contributed by atoms with Gasteiger partial charge in [-0.15, -0.1) is 24.0 Å². The number of likely N-dealkylation sites (N-methyl/N-ethyl adjacent to an activating group) is 1. The largest absolute Gasteiger partial charge is 0.493 e. The van der Waals surface area contributed by atoms with Crippen LogP contribution >= 0.6 is 24.0 Å². The second-order valence-corrected chi connectivity index (χ2v) is 7.48. The van der Waals surface area contributed by atoms with Crippen LogP contribution in [0, 0.1) is 12.8 Å². The maximum Gasteiger partial charge on any atom is 0.191 e. The topological polar surface area (TPSA) is 58.1 Å². The third-order valence-corrected chi connectivity index (χ3v) is 4.95. The Morgan fingerprint density at radius 1 is 1.25 bits per heavy atom. The van der Waals surface area contributed by atoms with Gasteiger partial charge in [0.1, 0.15) is 5.75 Å². The number of methoxy groups -OCH3 is 1. The van der Waals surface area contributed by atoms with E-state index in [0.717, 1.165) is 36.2 Å². The Morgan fingerprint density at radius 3 is 2.61 bits per heavy atom. The van der Waals surface area contributed by atoms with Crippen molar-refractivity contribution in [2.45, 2.75) is 38.8 Å². The van der Waals surface area contributed by atoms with Crippen molar-refractivity contribution in [3.63, 3.8) is 0 Å². The number of benzene rings is 1. The highest BCUT2D eigenvalue weighted by atomic mass is 127. The molecule has 2 N–H and O–H groups in total. The van der Waals surface area contributed by atoms with Crippen LogP contribution in [0.25, 0.3) is 0 Å². The molecule has 0 amide bonds. The van der Waals surface area contributed by atoms with E-state index in [9.17, 15) is 0 Å². The molecule has 1 saturated carbocycles. The van der Waals surface area contributed by atoms with Crippen LogP contribution in [0.1, 0.15) is 30.4 Å². The molecule has 0 saturated heterocycles. The molecule has 1 atom stereocenters. The Morgan fingerprint density at radius 2 is 2.00 bits per heavy atom. The van der Waals surface area contributed by atoms with E-state index in [2.05, 4.69) is 59.7 Å². The summed E-state index contributed by atoms with van der Waals surface area (Å²) in [5.41, 5.74) is 2.33. The zero-order valence-corrected chi connectivity index (χ0v) is 20.3. The lowest BCUT2D eigenvalue weighted by molar-refractivity contribution is 0.171. The highest BCUT2D eigenvalue weighted by Gasteiger charge is 2.32. The molecular weight excluding hydrogens is 467 g/mol. The van der Waals surface area contributed by atoms with Gasteiger partial charge in [0, 0.05) is 51.9 Å². The van der Waals surface area contributed by atoms with Gasteiger partial charge in [0.05, 0.1) is 6.61 Å². The third-order valence-electron chi connectivity index (χ3n) is 4.95. The van der Waals surface area contributed by atoms with Crippen molar-refractivity contribution < 1.29 is 9.47 Å². The van der Waals surface area contributed by atoms with Gasteiger partial charge in [-0.05, 0) is 51.4 Å². The van der Waals surface area contributed by atoms with Gasteiger partial charge in [-0.2, -0.15) is 0 Å². The van der Waals surface area contributed by atoms with Crippen molar-refractivity contribution in [2.24, 2.45) is 10.9 Å². The summed E-state index contributed by atoms with van der Waals surface area (Å²) < 4.78 is 11.1. The number of nitrogens with zero attached hydrogens (tertiary/aromatic N) is 2. The summed E-state index contributed by atoms with van der Waals surface area (Å²) >= 11 is 0. The lowest BCUT2D eigenvalue weighted by Crippen LogP contribution is -2.45. The van der Waals surface area contributed by atoms with Crippen molar-refractivity contribution in [1.82, 2.24) is 15.5 Å². The summed E-state index contributed by atoms with van der Waals surface area (Å²) in [7, 11) is 7.83. The van der Waals surface area contributed by atoms with Crippen LogP contribution in [0.15, 0.2) is 23.2 Å². The zero-order chi connectivity index (χ0) is 19.6. The first kappa shape index (κ1) is 25.0. The van der Waals surface area contributed by atoms with Gasteiger partial charge in [-0.25, -0.2) is 0 Å². The van der Waals surface area contributed by atoms with Crippen LogP contribution in [-0.2, 0) is 11.3 Å². The summed E-state index contributed by atoms with van der Waals surface area (Å²) in [6.45, 7) is 5.04. The number of rotatable bonds is 11. The molecule has 0 bridgehead atoms. The number of guanidine groups is 1. The maximum atomic E-state index is 5.97. The van der Waals surface area contributed by atoms with Gasteiger partial charge in [0.2, 0.25) is 0 Å². The molecule has 0 aliphatic heterocycles. The van der Waals surface area contributed by atoms with Crippen molar-refractivity contribution in [3.8, 4) is 5.75 Å². The van der Waals surface area contributed by atoms with Gasteiger partial charge in [0.15, 0.2) is 5.96 Å². The number of hydrogen-bond acceptors (Lipinski definition) is 4. The molecule has 0 spiro atoms. The average molecular weight is 504 g/mol. The van der Waals surface area contributed by atoms with E-state index >= 15 is 0 Å². The molecule has 6 nitrogen and oxygen atoms in total. The van der Waals surface area contributed by atoms with Crippen LogP contribution in [0.3, 0.4) is 0 Å². The summed E-state index contributed by atoms with van der Waals surface area (Å²) in [6, 6.07) is 6.88. The number of aliphatic imine (C=N–C) groups is 1. The highest BCUT2D eigenvalue weighted by molar-refractivity contribution is 14.0. The lowest BCUT2D eigenvalue weighted by Gasteiger charge is -2.25. The summed E-state index contributed by atoms with van der Waals surface area (Å²) in [5.74, 6) is 2.57. The molecule has 1 fully saturated rings. The fourth-order valence-corrected chi connectivity index (χ4v) is 3.18. The third kappa shape index (κ3) is 8.53. The minimum absolute atomic E-state index is 0. The fraction of sp³-hybridized carbons (Fsp3) is 0.667. The molecule has 0 heterocycles. The number of aryl methyl sites for hydroxylation is 1. The summed E-state index contributed by atoms with van der Waals surface area (Å²) in [5, 5.41) is 6.89. The minimum atomic E-state index is 0. The first-order chi connectivity index (χ1) is 13.0. The normalized spacial score (nSPS) is 15.1. The monoisotopic (exact) mass is 504 g/mol. The van der Waals surface area contributed by atoms with Crippen LogP contribution in [0.2, 0.25) is 0 Å². The highest BCUT2D eigenvalue weighted by Crippen LogP contribution is 2.34. The van der Waals surface area contributed by atoms with Gasteiger partial charge < -0.3 is 25.0 Å². The van der Waals surface area contributed by atoms with Crippen molar-refractivity contribution in [1.29, 1.82) is 0 Å². The molecule has 160 valence electrons. The Labute approximate surface area is 187 Å². The molecule has 1 aliphatic rings. The lowest BCUT2D eigenvalue weighted by atomic mass is 10.1. The Bertz CT molecular complexity index is 604. The molecule has 0 radical (unpaired) electrons. The van der Waals surface area contributed by atoms with Crippen LogP contribution < -0.4 is 15.4 Å². The zero-order valence-electron chi connectivity index (χ0n) is 18.0. The second kappa shape index (κ2) is 13.2. The van der Waals surface area contributed by atoms with E-state index in [1.165, 1.54) is 18.4 Å². The van der Waals surface area contributed by atoms with E-state index in [0.29, 0.717) is 25.8 Å². The minimum Gasteiger partial charge on any atom is -0.493 e. The maximum absolute atomic E-state index is 5.97. The number of ether oxygens (including phenoxy) is 2. The molecule has 28 heavy (non-hydrogen) atoms. The van der Waals surface area contributed by atoms with E-state index in [1.807, 2.05) is 7.05 Å². The predicted octanol–water partition coefficient (Wildman–Crippen LogP) is 3.03. The fourth-order valence-electron chi connectivity index (χ4n) is 3.18. The Balaban J connectivity index is 0.00000392. The van der Waals surface area contributed by atoms with E-state index in [-0.39, 0.29) is 24.0 Å². The molecule has 1 aromatic carbocycles. The molecule has 1 aliphatic carbocycles. The van der Waals surface area contributed by atoms with Crippen LogP contribution in [0.4, 0.5) is 0 Å². The molecular formula is C21H37IN4O2. The van der Waals surface area contributed by atoms with E-state index in [1.54, 1.807) is 7.11 Å². The average Bonchev–Trinajstić information content (AvgIpc) is 3.47. The molecule has 2 rings (SSSR count). The smallest absolute Gasteiger partial charge is 0.191 e. The SMILES string of the molecule is CN=C(NCc1ccc(C)cc1OCCCOC)NCC(C1CC1)N(C)C.I. The van der Waals surface area contributed by atoms with Crippen molar-refractivity contribution >= 4 is 29.9 Å². The molecule has 7 heteroatoms. The number of halogens is 1. The van der Waals surface area contributed by atoms with Gasteiger partial charge in [-0.3, -0.25) is 4.99 Å². The first-order valence-corrected chi connectivity index (χ1v) is 9.87. The van der Waals surface area contributed by atoms with Gasteiger partial charge >= 0.3 is 0 Å². The Kier molecular flexibility index (Phi) is 11.8. The molecule has 0 aromatic heterocycles. The first-order valence-electron chi connectivity index (χ1n) is 9.87. The standard InChI is InChI=1S/C21H36N4O2.HI/c1-16-7-8-18(20(13-16)27-12-6-11-26-5)14-23-21(22-2)24-15-19(25(3)4)17-9-10-17;/h7-8,13,17,19H,6,9-12,14-15H2,1-5H3,(H2,22,23,24);1H. The molecule has 1 aromatic rings. The van der Waals surface area contributed by atoms with E-state index in [4.69, 9.17) is 9.47 Å². The van der Waals surface area contributed by atoms with E-state index < -0.39 is 0 Å². The number of nitrogens with one attached hydrogen (secondary N) is 2.